The number of hydrogen-bond donors (Lipinski definition) is 1. The van der Waals surface area contributed by atoms with Crippen LogP contribution in [0.15, 0.2) is 23.2 Å². The minimum atomic E-state index is -4.15. The standard InChI is InChI=1S/C5H4NO3S/c7-10(8,9)5-3-1-2-4-6-5/h1-3H,(H,7,8,9). The van der Waals surface area contributed by atoms with Crippen molar-refractivity contribution in [2.75, 3.05) is 0 Å². The molecule has 5 heteroatoms. The van der Waals surface area contributed by atoms with Crippen molar-refractivity contribution in [1.29, 1.82) is 0 Å². The van der Waals surface area contributed by atoms with Gasteiger partial charge in [0.25, 0.3) is 0 Å². The maximum atomic E-state index is 10.3. The Labute approximate surface area is 58.3 Å². The van der Waals surface area contributed by atoms with Gasteiger partial charge in [0.05, 0.1) is 6.20 Å². The van der Waals surface area contributed by atoms with Crippen molar-refractivity contribution in [3.05, 3.63) is 24.4 Å². The molecule has 0 atom stereocenters. The molecular formula is C5H4NO3S. The fourth-order valence-corrected chi connectivity index (χ4v) is 0.874. The van der Waals surface area contributed by atoms with Crippen LogP contribution in [0.25, 0.3) is 0 Å². The van der Waals surface area contributed by atoms with E-state index in [2.05, 4.69) is 11.2 Å². The zero-order valence-electron chi connectivity index (χ0n) is 4.85. The molecule has 1 radical (unpaired) electrons. The predicted octanol–water partition coefficient (Wildman–Crippen LogP) is 0.128. The van der Waals surface area contributed by atoms with Crippen LogP contribution < -0.4 is 0 Å². The monoisotopic (exact) mass is 158 g/mol. The molecule has 0 aliphatic heterocycles. The molecule has 1 aromatic heterocycles. The SMILES string of the molecule is O=S(=O)(O)c1ccc[c]n1. The summed E-state index contributed by atoms with van der Waals surface area (Å²) in [6.45, 7) is 0. The molecule has 0 amide bonds. The minimum absolute atomic E-state index is 0.380. The largest absolute Gasteiger partial charge is 0.312 e. The summed E-state index contributed by atoms with van der Waals surface area (Å²) >= 11 is 0. The molecule has 4 nitrogen and oxygen atoms in total. The first-order valence-electron chi connectivity index (χ1n) is 2.41. The Morgan fingerprint density at radius 3 is 2.60 bits per heavy atom. The van der Waals surface area contributed by atoms with Crippen LogP contribution in [-0.4, -0.2) is 18.0 Å². The van der Waals surface area contributed by atoms with Crippen LogP contribution in [-0.2, 0) is 10.1 Å². The van der Waals surface area contributed by atoms with Gasteiger partial charge in [-0.25, -0.2) is 4.98 Å². The Kier molecular flexibility index (Phi) is 1.69. The van der Waals surface area contributed by atoms with E-state index in [0.29, 0.717) is 0 Å². The van der Waals surface area contributed by atoms with Gasteiger partial charge in [-0.15, -0.1) is 0 Å². The highest BCUT2D eigenvalue weighted by Crippen LogP contribution is 2.00. The van der Waals surface area contributed by atoms with Crippen LogP contribution in [0.1, 0.15) is 0 Å². The van der Waals surface area contributed by atoms with Gasteiger partial charge in [-0.3, -0.25) is 4.55 Å². The molecule has 0 aromatic carbocycles. The van der Waals surface area contributed by atoms with Gasteiger partial charge < -0.3 is 0 Å². The zero-order chi connectivity index (χ0) is 7.61. The summed E-state index contributed by atoms with van der Waals surface area (Å²) in [5.41, 5.74) is 0. The Hall–Kier alpha value is -0.940. The maximum absolute atomic E-state index is 10.3. The van der Waals surface area contributed by atoms with Gasteiger partial charge >= 0.3 is 10.1 Å². The van der Waals surface area contributed by atoms with Crippen LogP contribution in [0.2, 0.25) is 0 Å². The summed E-state index contributed by atoms with van der Waals surface area (Å²) in [5, 5.41) is -0.380. The van der Waals surface area contributed by atoms with Gasteiger partial charge in [-0.1, -0.05) is 6.07 Å². The van der Waals surface area contributed by atoms with Crippen LogP contribution >= 0.6 is 0 Å². The van der Waals surface area contributed by atoms with Crippen LogP contribution in [0.3, 0.4) is 0 Å². The molecule has 53 valence electrons. The molecule has 0 aliphatic carbocycles. The van der Waals surface area contributed by atoms with E-state index >= 15 is 0 Å². The van der Waals surface area contributed by atoms with Crippen molar-refractivity contribution in [2.24, 2.45) is 0 Å². The van der Waals surface area contributed by atoms with Gasteiger partial charge in [-0.05, 0) is 12.1 Å². The third-order valence-electron chi connectivity index (χ3n) is 0.849. The van der Waals surface area contributed by atoms with E-state index in [1.807, 2.05) is 0 Å². The molecule has 0 unspecified atom stereocenters. The number of pyridine rings is 1. The lowest BCUT2D eigenvalue weighted by atomic mass is 10.5. The Morgan fingerprint density at radius 1 is 1.60 bits per heavy atom. The second-order valence-corrected chi connectivity index (χ2v) is 2.95. The van der Waals surface area contributed by atoms with E-state index in [9.17, 15) is 8.42 Å². The molecule has 1 N–H and O–H groups in total. The molecule has 0 saturated carbocycles. The summed E-state index contributed by atoms with van der Waals surface area (Å²) in [5.74, 6) is 0. The fourth-order valence-electron chi connectivity index (χ4n) is 0.455. The molecule has 0 aliphatic rings. The van der Waals surface area contributed by atoms with Crippen molar-refractivity contribution < 1.29 is 13.0 Å². The summed E-state index contributed by atoms with van der Waals surface area (Å²) in [6, 6.07) is 4.05. The Bertz CT molecular complexity index is 305. The second-order valence-electron chi connectivity index (χ2n) is 1.58. The second kappa shape index (κ2) is 2.36. The van der Waals surface area contributed by atoms with Crippen LogP contribution in [0.4, 0.5) is 0 Å². The first-order valence-corrected chi connectivity index (χ1v) is 3.85. The molecular weight excluding hydrogens is 154 g/mol. The van der Waals surface area contributed by atoms with Crippen molar-refractivity contribution in [3.8, 4) is 0 Å². The number of rotatable bonds is 1. The van der Waals surface area contributed by atoms with Crippen molar-refractivity contribution in [1.82, 2.24) is 4.98 Å². The first-order chi connectivity index (χ1) is 4.61. The molecule has 0 spiro atoms. The summed E-state index contributed by atoms with van der Waals surface area (Å²) in [4.78, 5) is 3.29. The van der Waals surface area contributed by atoms with Gasteiger partial charge in [0.2, 0.25) is 0 Å². The molecule has 10 heavy (non-hydrogen) atoms. The molecule has 0 saturated heterocycles. The van der Waals surface area contributed by atoms with Gasteiger partial charge in [-0.2, -0.15) is 8.42 Å². The third-order valence-corrected chi connectivity index (χ3v) is 1.60. The highest BCUT2D eigenvalue weighted by molar-refractivity contribution is 7.85. The van der Waals surface area contributed by atoms with E-state index < -0.39 is 10.1 Å². The number of aromatic nitrogens is 1. The summed E-state index contributed by atoms with van der Waals surface area (Å²) in [7, 11) is -4.15. The van der Waals surface area contributed by atoms with E-state index in [1.165, 1.54) is 18.2 Å². The molecule has 1 aromatic rings. The molecule has 0 bridgehead atoms. The predicted molar refractivity (Wildman–Crippen MR) is 32.9 cm³/mol. The van der Waals surface area contributed by atoms with E-state index in [-0.39, 0.29) is 5.03 Å². The number of nitrogens with zero attached hydrogens (tertiary/aromatic N) is 1. The smallest absolute Gasteiger partial charge is 0.281 e. The lowest BCUT2D eigenvalue weighted by Gasteiger charge is -1.90. The van der Waals surface area contributed by atoms with E-state index in [4.69, 9.17) is 4.55 Å². The van der Waals surface area contributed by atoms with Crippen molar-refractivity contribution in [3.63, 3.8) is 0 Å². The summed E-state index contributed by atoms with van der Waals surface area (Å²) < 4.78 is 29.0. The maximum Gasteiger partial charge on any atom is 0.312 e. The third kappa shape index (κ3) is 1.52. The zero-order valence-corrected chi connectivity index (χ0v) is 5.67. The average Bonchev–Trinajstić information content (AvgIpc) is 1.88. The quantitative estimate of drug-likeness (QED) is 0.590. The normalized spacial score (nSPS) is 11.3. The molecule has 1 heterocycles. The Balaban J connectivity index is 3.22. The molecule has 0 fully saturated rings. The first kappa shape index (κ1) is 7.17. The van der Waals surface area contributed by atoms with E-state index in [0.717, 1.165) is 0 Å². The highest BCUT2D eigenvalue weighted by atomic mass is 32.2. The lowest BCUT2D eigenvalue weighted by molar-refractivity contribution is 0.479. The molecule has 1 rings (SSSR count). The highest BCUT2D eigenvalue weighted by Gasteiger charge is 2.08. The van der Waals surface area contributed by atoms with Gasteiger partial charge in [0.1, 0.15) is 0 Å². The van der Waals surface area contributed by atoms with Gasteiger partial charge in [0, 0.05) is 0 Å². The van der Waals surface area contributed by atoms with Crippen molar-refractivity contribution in [2.45, 2.75) is 5.03 Å². The summed E-state index contributed by atoms with van der Waals surface area (Å²) in [6.07, 6.45) is 2.28. The van der Waals surface area contributed by atoms with Gasteiger partial charge in [0.15, 0.2) is 5.03 Å². The van der Waals surface area contributed by atoms with Crippen LogP contribution in [0, 0.1) is 6.20 Å². The fraction of sp³-hybridized carbons (Fsp3) is 0. The average molecular weight is 158 g/mol. The Morgan fingerprint density at radius 2 is 2.30 bits per heavy atom. The topological polar surface area (TPSA) is 67.3 Å². The van der Waals surface area contributed by atoms with Crippen molar-refractivity contribution >= 4 is 10.1 Å². The lowest BCUT2D eigenvalue weighted by Crippen LogP contribution is -1.99. The minimum Gasteiger partial charge on any atom is -0.281 e. The van der Waals surface area contributed by atoms with E-state index in [1.54, 1.807) is 0 Å². The van der Waals surface area contributed by atoms with Crippen LogP contribution in [0.5, 0.6) is 0 Å². The number of hydrogen-bond acceptors (Lipinski definition) is 3.